The molecule has 6 aliphatic carbocycles. The van der Waals surface area contributed by atoms with E-state index < -0.39 is 46.4 Å². The maximum atomic E-state index is 13.6. The predicted molar refractivity (Wildman–Crippen MR) is 231 cm³/mol. The molecule has 0 radical (unpaired) electrons. The van der Waals surface area contributed by atoms with E-state index in [0.29, 0.717) is 60.6 Å². The van der Waals surface area contributed by atoms with Gasteiger partial charge in [0, 0.05) is 40.3 Å². The van der Waals surface area contributed by atoms with Crippen molar-refractivity contribution in [3.63, 3.8) is 0 Å². The molecular formula is C50H66F6N4O4. The summed E-state index contributed by atoms with van der Waals surface area (Å²) in [5.41, 5.74) is -4.03. The van der Waals surface area contributed by atoms with Gasteiger partial charge in [-0.3, -0.25) is 19.2 Å². The van der Waals surface area contributed by atoms with Crippen molar-refractivity contribution in [2.75, 3.05) is 5.32 Å². The Kier molecular flexibility index (Phi) is 11.6. The van der Waals surface area contributed by atoms with Gasteiger partial charge >= 0.3 is 12.4 Å². The third-order valence-electron chi connectivity index (χ3n) is 18.4. The second kappa shape index (κ2) is 15.9. The number of amides is 4. The molecule has 0 saturated heterocycles. The standard InChI is InChI=1S/C27H30F6N2O2.C23H36N2O2/c1-24-11-9-17-15(4-8-21-25(17,2)12-10-22(36)35-21)16(24)6-7-19(24)23(37)34-20-13-14(26(28,29)30)3-5-18(20)27(31,32)33;1-21(2,3)25-20(27)17-8-7-15-14-6-9-18-23(5,13-11-19(26)24-18)16(14)10-12-22(15,17)4/h3,5,10,12-13,15-17,19,21H,4,6-9,11H2,1-2H3,(H,34,37)(H,35,36);11,13-18H,6-10,12H2,1-5H3,(H,24,26)(H,25,27)/t15?,16?,17?,19-,21-,24+,25-;14?,15?,16?,17-,18-,22+,23-/m11/s1. The molecule has 1 aromatic rings. The number of halogens is 6. The van der Waals surface area contributed by atoms with Crippen LogP contribution in [0.15, 0.2) is 42.5 Å². The SMILES string of the molecule is CC(C)(C)NC(=O)[C@H]1CCC2C3CC[C@H]4NC(=O)C=C[C@]4(C)C3CC[C@@]21C.C[C@]12CCC3C(CC[C@H]4NC(=O)C=C[C@]34C)C1CC[C@@H]2C(=O)Nc1cc(C(F)(F)F)ccc1C(F)(F)F. The molecule has 64 heavy (non-hydrogen) atoms. The van der Waals surface area contributed by atoms with Crippen LogP contribution in [0.25, 0.3) is 0 Å². The number of anilines is 1. The Morgan fingerprint density at radius 1 is 0.609 bits per heavy atom. The lowest BCUT2D eigenvalue weighted by atomic mass is 9.48. The Balaban J connectivity index is 0.000000184. The number of hydrogen-bond donors (Lipinski definition) is 4. The molecule has 4 amide bonds. The second-order valence-corrected chi connectivity index (χ2v) is 22.8. The van der Waals surface area contributed by atoms with Crippen LogP contribution in [0.3, 0.4) is 0 Å². The summed E-state index contributed by atoms with van der Waals surface area (Å²) >= 11 is 0. The number of rotatable bonds is 3. The van der Waals surface area contributed by atoms with Crippen molar-refractivity contribution in [2.24, 2.45) is 69.0 Å². The van der Waals surface area contributed by atoms with Crippen molar-refractivity contribution in [3.8, 4) is 0 Å². The monoisotopic (exact) mass is 900 g/mol. The van der Waals surface area contributed by atoms with E-state index in [4.69, 9.17) is 0 Å². The summed E-state index contributed by atoms with van der Waals surface area (Å²) in [6, 6.07) is 1.46. The van der Waals surface area contributed by atoms with Crippen LogP contribution in [0.2, 0.25) is 0 Å². The minimum absolute atomic E-state index is 0.0535. The number of nitrogens with one attached hydrogen (secondary N) is 4. The van der Waals surface area contributed by atoms with E-state index in [1.807, 2.05) is 13.0 Å². The minimum atomic E-state index is -4.91. The van der Waals surface area contributed by atoms with Gasteiger partial charge in [0.05, 0.1) is 16.8 Å². The van der Waals surface area contributed by atoms with E-state index in [9.17, 15) is 45.5 Å². The molecule has 0 aromatic heterocycles. The van der Waals surface area contributed by atoms with Crippen LogP contribution in [0.5, 0.6) is 0 Å². The fourth-order valence-electron chi connectivity index (χ4n) is 15.3. The van der Waals surface area contributed by atoms with Crippen LogP contribution in [-0.2, 0) is 31.5 Å². The zero-order valence-corrected chi connectivity index (χ0v) is 38.2. The van der Waals surface area contributed by atoms with Crippen LogP contribution >= 0.6 is 0 Å². The third-order valence-corrected chi connectivity index (χ3v) is 18.4. The Bertz CT molecular complexity index is 2110. The lowest BCUT2D eigenvalue weighted by Crippen LogP contribution is -2.59. The van der Waals surface area contributed by atoms with E-state index in [2.05, 4.69) is 68.9 Å². The molecule has 14 atom stereocenters. The van der Waals surface area contributed by atoms with Crippen molar-refractivity contribution in [1.29, 1.82) is 0 Å². The zero-order chi connectivity index (χ0) is 46.6. The molecule has 0 bridgehead atoms. The van der Waals surface area contributed by atoms with Gasteiger partial charge in [0.15, 0.2) is 0 Å². The second-order valence-electron chi connectivity index (χ2n) is 22.8. The third kappa shape index (κ3) is 8.00. The highest BCUT2D eigenvalue weighted by Gasteiger charge is 2.63. The maximum Gasteiger partial charge on any atom is 0.418 e. The summed E-state index contributed by atoms with van der Waals surface area (Å²) in [5, 5.41) is 11.8. The number of carbonyl (C=O) groups excluding carboxylic acids is 4. The fraction of sp³-hybridized carbons (Fsp3) is 0.720. The number of alkyl halides is 6. The largest absolute Gasteiger partial charge is 0.418 e. The van der Waals surface area contributed by atoms with Crippen LogP contribution in [0.1, 0.15) is 137 Å². The molecule has 4 N–H and O–H groups in total. The van der Waals surface area contributed by atoms with Gasteiger partial charge in [0.1, 0.15) is 0 Å². The van der Waals surface area contributed by atoms with E-state index in [1.54, 1.807) is 12.2 Å². The van der Waals surface area contributed by atoms with Crippen molar-refractivity contribution >= 4 is 29.3 Å². The van der Waals surface area contributed by atoms with Crippen molar-refractivity contribution in [1.82, 2.24) is 16.0 Å². The number of benzene rings is 1. The van der Waals surface area contributed by atoms with Crippen LogP contribution < -0.4 is 21.3 Å². The van der Waals surface area contributed by atoms with Crippen LogP contribution in [0.4, 0.5) is 32.0 Å². The summed E-state index contributed by atoms with van der Waals surface area (Å²) < 4.78 is 80.4. The van der Waals surface area contributed by atoms with Gasteiger partial charge in [-0.05, 0) is 175 Å². The van der Waals surface area contributed by atoms with Gasteiger partial charge in [0.25, 0.3) is 0 Å². The lowest BCUT2D eigenvalue weighted by Gasteiger charge is -2.58. The van der Waals surface area contributed by atoms with E-state index in [0.717, 1.165) is 44.9 Å². The first-order chi connectivity index (χ1) is 29.7. The molecule has 0 spiro atoms. The first-order valence-electron chi connectivity index (χ1n) is 23.6. The summed E-state index contributed by atoms with van der Waals surface area (Å²) in [5.74, 6) is 1.85. The molecule has 6 saturated carbocycles. The van der Waals surface area contributed by atoms with Crippen molar-refractivity contribution in [3.05, 3.63) is 53.6 Å². The van der Waals surface area contributed by atoms with Gasteiger partial charge in [-0.1, -0.05) is 39.8 Å². The zero-order valence-electron chi connectivity index (χ0n) is 38.2. The van der Waals surface area contributed by atoms with Gasteiger partial charge in [0.2, 0.25) is 23.6 Å². The Morgan fingerprint density at radius 2 is 1.08 bits per heavy atom. The van der Waals surface area contributed by atoms with Gasteiger partial charge < -0.3 is 21.3 Å². The van der Waals surface area contributed by atoms with Gasteiger partial charge in [-0.25, -0.2) is 0 Å². The minimum Gasteiger partial charge on any atom is -0.351 e. The molecule has 6 fully saturated rings. The number of hydrogen-bond acceptors (Lipinski definition) is 4. The smallest absolute Gasteiger partial charge is 0.351 e. The summed E-state index contributed by atoms with van der Waals surface area (Å²) in [6.45, 7) is 15.1. The molecule has 9 rings (SSSR count). The first kappa shape index (κ1) is 46.7. The van der Waals surface area contributed by atoms with E-state index in [1.165, 1.54) is 19.3 Å². The normalized spacial score (nSPS) is 41.0. The molecule has 8 nitrogen and oxygen atoms in total. The highest BCUT2D eigenvalue weighted by atomic mass is 19.4. The van der Waals surface area contributed by atoms with E-state index in [-0.39, 0.29) is 63.4 Å². The molecule has 1 aromatic carbocycles. The number of carbonyl (C=O) groups is 4. The Morgan fingerprint density at radius 3 is 1.52 bits per heavy atom. The fourth-order valence-corrected chi connectivity index (χ4v) is 15.3. The van der Waals surface area contributed by atoms with Crippen LogP contribution in [-0.4, -0.2) is 41.3 Å². The topological polar surface area (TPSA) is 116 Å². The maximum absolute atomic E-state index is 13.6. The summed E-state index contributed by atoms with van der Waals surface area (Å²) in [6.07, 6.45) is 8.99. The lowest BCUT2D eigenvalue weighted by molar-refractivity contribution is -0.141. The molecule has 2 heterocycles. The number of fused-ring (bicyclic) bond motifs is 10. The molecule has 14 heteroatoms. The molecule has 8 aliphatic rings. The molecule has 352 valence electrons. The molecular weight excluding hydrogens is 835 g/mol. The van der Waals surface area contributed by atoms with Gasteiger partial charge in [-0.2, -0.15) is 26.3 Å². The van der Waals surface area contributed by atoms with Crippen molar-refractivity contribution in [2.45, 2.75) is 155 Å². The quantitative estimate of drug-likeness (QED) is 0.226. The van der Waals surface area contributed by atoms with Gasteiger partial charge in [-0.15, -0.1) is 0 Å². The first-order valence-corrected chi connectivity index (χ1v) is 23.6. The average Bonchev–Trinajstić information content (AvgIpc) is 3.74. The summed E-state index contributed by atoms with van der Waals surface area (Å²) in [7, 11) is 0. The average molecular weight is 901 g/mol. The Hall–Kier alpha value is -3.84. The highest BCUT2D eigenvalue weighted by Crippen LogP contribution is 2.67. The Labute approximate surface area is 373 Å². The van der Waals surface area contributed by atoms with E-state index >= 15 is 0 Å². The summed E-state index contributed by atoms with van der Waals surface area (Å²) in [4.78, 5) is 50.2. The predicted octanol–water partition coefficient (Wildman–Crippen LogP) is 10.4. The molecule has 2 aliphatic heterocycles. The molecule has 6 unspecified atom stereocenters. The highest BCUT2D eigenvalue weighted by molar-refractivity contribution is 5.94. The van der Waals surface area contributed by atoms with Crippen molar-refractivity contribution < 1.29 is 45.5 Å². The van der Waals surface area contributed by atoms with Crippen LogP contribution in [0, 0.1) is 69.0 Å².